The summed E-state index contributed by atoms with van der Waals surface area (Å²) in [6.45, 7) is 5.45. The minimum absolute atomic E-state index is 0.157. The van der Waals surface area contributed by atoms with Crippen LogP contribution in [0.15, 0.2) is 54.6 Å². The Morgan fingerprint density at radius 1 is 1.05 bits per heavy atom. The first-order valence-corrected chi connectivity index (χ1v) is 7.18. The summed E-state index contributed by atoms with van der Waals surface area (Å²) in [4.78, 5) is 12.1. The molecule has 2 aromatic carbocycles. The smallest absolute Gasteiger partial charge is 0.408 e. The normalized spacial score (nSPS) is 12.5. The van der Waals surface area contributed by atoms with Gasteiger partial charge in [0.2, 0.25) is 0 Å². The number of alkyl carbamates (subject to hydrolysis) is 1. The molecule has 0 fully saturated rings. The van der Waals surface area contributed by atoms with Gasteiger partial charge in [-0.3, -0.25) is 0 Å². The number of carbonyl (C=O) groups excluding carboxylic acids is 1. The van der Waals surface area contributed by atoms with Crippen molar-refractivity contribution in [3.63, 3.8) is 0 Å². The third kappa shape index (κ3) is 4.52. The number of benzene rings is 2. The van der Waals surface area contributed by atoms with Gasteiger partial charge in [0.05, 0.1) is 6.04 Å². The fourth-order valence-corrected chi connectivity index (χ4v) is 2.13. The first kappa shape index (κ1) is 15.9. The van der Waals surface area contributed by atoms with Gasteiger partial charge in [0.25, 0.3) is 0 Å². The predicted molar refractivity (Wildman–Crippen MR) is 85.8 cm³/mol. The van der Waals surface area contributed by atoms with Crippen LogP contribution >= 0.6 is 0 Å². The van der Waals surface area contributed by atoms with Crippen molar-refractivity contribution in [3.8, 4) is 5.75 Å². The highest BCUT2D eigenvalue weighted by molar-refractivity contribution is 5.69. The highest BCUT2D eigenvalue weighted by Crippen LogP contribution is 2.25. The summed E-state index contributed by atoms with van der Waals surface area (Å²) in [6, 6.07) is 16.0. The van der Waals surface area contributed by atoms with E-state index in [2.05, 4.69) is 5.32 Å². The van der Waals surface area contributed by atoms with E-state index in [1.54, 1.807) is 18.2 Å². The number of phenols is 1. The fraction of sp³-hybridized carbons (Fsp3) is 0.278. The number of ether oxygens (including phenoxy) is 1. The number of carbonyl (C=O) groups is 1. The number of nitrogens with one attached hydrogen (secondary N) is 1. The van der Waals surface area contributed by atoms with Gasteiger partial charge < -0.3 is 15.2 Å². The molecule has 2 aromatic rings. The van der Waals surface area contributed by atoms with E-state index in [0.29, 0.717) is 0 Å². The van der Waals surface area contributed by atoms with Crippen molar-refractivity contribution < 1.29 is 14.6 Å². The van der Waals surface area contributed by atoms with Crippen molar-refractivity contribution in [2.75, 3.05) is 0 Å². The Balaban J connectivity index is 2.29. The van der Waals surface area contributed by atoms with Gasteiger partial charge >= 0.3 is 6.09 Å². The van der Waals surface area contributed by atoms with Crippen molar-refractivity contribution >= 4 is 6.09 Å². The Bertz CT molecular complexity index is 632. The van der Waals surface area contributed by atoms with Gasteiger partial charge in [-0.2, -0.15) is 0 Å². The Labute approximate surface area is 130 Å². The van der Waals surface area contributed by atoms with Crippen molar-refractivity contribution in [2.24, 2.45) is 0 Å². The Hall–Kier alpha value is -2.49. The molecular weight excluding hydrogens is 278 g/mol. The molecule has 0 heterocycles. The second kappa shape index (κ2) is 6.52. The highest BCUT2D eigenvalue weighted by atomic mass is 16.6. The van der Waals surface area contributed by atoms with Crippen LogP contribution in [0.5, 0.6) is 5.75 Å². The van der Waals surface area contributed by atoms with Crippen LogP contribution in [-0.2, 0) is 4.74 Å². The monoisotopic (exact) mass is 299 g/mol. The molecule has 116 valence electrons. The number of rotatable bonds is 3. The van der Waals surface area contributed by atoms with Crippen LogP contribution in [0.2, 0.25) is 0 Å². The maximum atomic E-state index is 12.1. The molecule has 0 aliphatic heterocycles. The second-order valence-corrected chi connectivity index (χ2v) is 6.08. The van der Waals surface area contributed by atoms with E-state index in [-0.39, 0.29) is 11.8 Å². The molecule has 1 atom stereocenters. The molecule has 0 spiro atoms. The third-order valence-corrected chi connectivity index (χ3v) is 3.00. The summed E-state index contributed by atoms with van der Waals surface area (Å²) in [5.41, 5.74) is 1.14. The summed E-state index contributed by atoms with van der Waals surface area (Å²) >= 11 is 0. The van der Waals surface area contributed by atoms with Gasteiger partial charge in [0, 0.05) is 0 Å². The molecule has 0 aliphatic carbocycles. The van der Waals surface area contributed by atoms with Gasteiger partial charge in [-0.05, 0) is 44.0 Å². The van der Waals surface area contributed by atoms with Crippen LogP contribution in [0, 0.1) is 0 Å². The van der Waals surface area contributed by atoms with Crippen LogP contribution in [0.4, 0.5) is 4.79 Å². The minimum Gasteiger partial charge on any atom is -0.508 e. The van der Waals surface area contributed by atoms with Crippen LogP contribution in [-0.4, -0.2) is 16.8 Å². The molecular formula is C18H21NO3. The maximum Gasteiger partial charge on any atom is 0.408 e. The van der Waals surface area contributed by atoms with Crippen LogP contribution in [0.25, 0.3) is 0 Å². The summed E-state index contributed by atoms with van der Waals surface area (Å²) in [5.74, 6) is 0.157. The number of aromatic hydroxyl groups is 1. The average Bonchev–Trinajstić information content (AvgIpc) is 2.44. The molecule has 2 rings (SSSR count). The van der Waals surface area contributed by atoms with Crippen molar-refractivity contribution in [1.82, 2.24) is 5.32 Å². The molecule has 22 heavy (non-hydrogen) atoms. The zero-order chi connectivity index (χ0) is 16.2. The minimum atomic E-state index is -0.565. The lowest BCUT2D eigenvalue weighted by atomic mass is 9.99. The van der Waals surface area contributed by atoms with Crippen molar-refractivity contribution in [1.29, 1.82) is 0 Å². The largest absolute Gasteiger partial charge is 0.508 e. The van der Waals surface area contributed by atoms with Crippen LogP contribution in [0.1, 0.15) is 37.9 Å². The number of hydrogen-bond donors (Lipinski definition) is 2. The zero-order valence-corrected chi connectivity index (χ0v) is 13.0. The van der Waals surface area contributed by atoms with Crippen molar-refractivity contribution in [2.45, 2.75) is 32.4 Å². The lowest BCUT2D eigenvalue weighted by molar-refractivity contribution is 0.0512. The number of amides is 1. The molecule has 1 amide bonds. The van der Waals surface area contributed by atoms with E-state index >= 15 is 0 Å². The van der Waals surface area contributed by atoms with Gasteiger partial charge in [0.15, 0.2) is 0 Å². The summed E-state index contributed by atoms with van der Waals surface area (Å²) in [5, 5.41) is 12.5. The molecule has 0 bridgehead atoms. The highest BCUT2D eigenvalue weighted by Gasteiger charge is 2.21. The average molecular weight is 299 g/mol. The van der Waals surface area contributed by atoms with Gasteiger partial charge in [-0.25, -0.2) is 4.79 Å². The molecule has 0 saturated heterocycles. The lowest BCUT2D eigenvalue weighted by Crippen LogP contribution is -2.35. The number of hydrogen-bond acceptors (Lipinski definition) is 3. The molecule has 0 saturated carbocycles. The van der Waals surface area contributed by atoms with Crippen LogP contribution < -0.4 is 5.32 Å². The first-order valence-electron chi connectivity index (χ1n) is 7.18. The lowest BCUT2D eigenvalue weighted by Gasteiger charge is -2.24. The molecule has 2 N–H and O–H groups in total. The standard InChI is InChI=1S/C18H21NO3/c1-18(2,3)22-17(21)19-16(13-8-5-4-6-9-13)14-10-7-11-15(20)12-14/h4-12,16,20H,1-3H3,(H,19,21)/t16-/m1/s1. The molecule has 0 unspecified atom stereocenters. The second-order valence-electron chi connectivity index (χ2n) is 6.08. The SMILES string of the molecule is CC(C)(C)OC(=O)N[C@H](c1ccccc1)c1cccc(O)c1. The van der Waals surface area contributed by atoms with E-state index in [4.69, 9.17) is 4.74 Å². The van der Waals surface area contributed by atoms with E-state index in [9.17, 15) is 9.90 Å². The van der Waals surface area contributed by atoms with Crippen LogP contribution in [0.3, 0.4) is 0 Å². The van der Waals surface area contributed by atoms with Gasteiger partial charge in [0.1, 0.15) is 11.4 Å². The van der Waals surface area contributed by atoms with Crippen molar-refractivity contribution in [3.05, 3.63) is 65.7 Å². The van der Waals surface area contributed by atoms with E-state index < -0.39 is 11.7 Å². The molecule has 4 nitrogen and oxygen atoms in total. The fourth-order valence-electron chi connectivity index (χ4n) is 2.13. The summed E-state index contributed by atoms with van der Waals surface area (Å²) in [6.07, 6.45) is -0.496. The van der Waals surface area contributed by atoms with E-state index in [0.717, 1.165) is 11.1 Å². The molecule has 0 aliphatic rings. The quantitative estimate of drug-likeness (QED) is 0.900. The van der Waals surface area contributed by atoms with E-state index in [1.807, 2.05) is 57.2 Å². The first-order chi connectivity index (χ1) is 10.3. The van der Waals surface area contributed by atoms with E-state index in [1.165, 1.54) is 0 Å². The zero-order valence-electron chi connectivity index (χ0n) is 13.0. The summed E-state index contributed by atoms with van der Waals surface area (Å²) in [7, 11) is 0. The predicted octanol–water partition coefficient (Wildman–Crippen LogP) is 4.01. The molecule has 0 aromatic heterocycles. The summed E-state index contributed by atoms with van der Waals surface area (Å²) < 4.78 is 5.33. The topological polar surface area (TPSA) is 58.6 Å². The Morgan fingerprint density at radius 2 is 1.68 bits per heavy atom. The molecule has 0 radical (unpaired) electrons. The third-order valence-electron chi connectivity index (χ3n) is 3.00. The van der Waals surface area contributed by atoms with Gasteiger partial charge in [-0.15, -0.1) is 0 Å². The Morgan fingerprint density at radius 3 is 2.27 bits per heavy atom. The Kier molecular flexibility index (Phi) is 4.71. The number of phenolic OH excluding ortho intramolecular Hbond substituents is 1. The van der Waals surface area contributed by atoms with Gasteiger partial charge in [-0.1, -0.05) is 42.5 Å². The maximum absolute atomic E-state index is 12.1. The molecule has 4 heteroatoms.